The van der Waals surface area contributed by atoms with E-state index in [-0.39, 0.29) is 0 Å². The average molecular weight is 141 g/mol. The summed E-state index contributed by atoms with van der Waals surface area (Å²) < 4.78 is 8.85. The van der Waals surface area contributed by atoms with Gasteiger partial charge in [-0.15, -0.1) is 0 Å². The molecule has 0 radical (unpaired) electrons. The minimum Gasteiger partial charge on any atom is -0.495 e. The van der Waals surface area contributed by atoms with Crippen LogP contribution < -0.4 is 0 Å². The lowest BCUT2D eigenvalue weighted by atomic mass is 10.4. The highest BCUT2D eigenvalue weighted by atomic mass is 32.1. The Morgan fingerprint density at radius 3 is 3.11 bits per heavy atom. The van der Waals surface area contributed by atoms with E-state index in [0.29, 0.717) is 5.76 Å². The number of rotatable bonds is 2. The molecule has 0 bridgehead atoms. The van der Waals surface area contributed by atoms with Crippen LogP contribution in [0.5, 0.6) is 0 Å². The minimum absolute atomic E-state index is 0.622. The molecule has 0 unspecified atom stereocenters. The lowest BCUT2D eigenvalue weighted by Gasteiger charge is -1.96. The molecule has 1 aromatic rings. The first-order valence-corrected chi connectivity index (χ1v) is 3.32. The summed E-state index contributed by atoms with van der Waals surface area (Å²) >= 11 is 1.39. The third kappa shape index (κ3) is 1.29. The molecule has 0 atom stereocenters. The lowest BCUT2D eigenvalue weighted by Crippen LogP contribution is -1.82. The molecule has 0 aliphatic rings. The van der Waals surface area contributed by atoms with E-state index in [1.165, 1.54) is 11.5 Å². The van der Waals surface area contributed by atoms with E-state index in [2.05, 4.69) is 11.0 Å². The Morgan fingerprint density at radius 1 is 1.89 bits per heavy atom. The molecule has 0 spiro atoms. The lowest BCUT2D eigenvalue weighted by molar-refractivity contribution is 0.370. The van der Waals surface area contributed by atoms with E-state index in [9.17, 15) is 0 Å². The van der Waals surface area contributed by atoms with Gasteiger partial charge in [-0.3, -0.25) is 0 Å². The normalized spacial score (nSPS) is 9.00. The zero-order chi connectivity index (χ0) is 6.69. The predicted molar refractivity (Wildman–Crippen MR) is 38.2 cm³/mol. The monoisotopic (exact) mass is 141 g/mol. The molecule has 0 aromatic carbocycles. The summed E-state index contributed by atoms with van der Waals surface area (Å²) in [6.45, 7) is 3.64. The van der Waals surface area contributed by atoms with Gasteiger partial charge in [-0.2, -0.15) is 4.37 Å². The van der Waals surface area contributed by atoms with Crippen molar-refractivity contribution >= 4 is 17.3 Å². The third-order valence-electron chi connectivity index (χ3n) is 0.970. The molecule has 0 saturated carbocycles. The molecule has 48 valence electrons. The molecule has 3 heteroatoms. The topological polar surface area (TPSA) is 22.1 Å². The summed E-state index contributed by atoms with van der Waals surface area (Å²) in [5.74, 6) is 0.622. The maximum atomic E-state index is 4.84. The van der Waals surface area contributed by atoms with Crippen molar-refractivity contribution in [1.82, 2.24) is 4.37 Å². The first-order valence-electron chi connectivity index (χ1n) is 2.48. The van der Waals surface area contributed by atoms with Gasteiger partial charge in [0, 0.05) is 5.38 Å². The fourth-order valence-corrected chi connectivity index (χ4v) is 0.988. The molecule has 0 aliphatic carbocycles. The van der Waals surface area contributed by atoms with Crippen molar-refractivity contribution in [3.8, 4) is 0 Å². The summed E-state index contributed by atoms with van der Waals surface area (Å²) in [6, 6.07) is 1.87. The Labute approximate surface area is 58.0 Å². The van der Waals surface area contributed by atoms with Crippen LogP contribution >= 0.6 is 11.5 Å². The fraction of sp³-hybridized carbons (Fsp3) is 0.167. The first kappa shape index (κ1) is 6.29. The molecule has 2 nitrogen and oxygen atoms in total. The van der Waals surface area contributed by atoms with Gasteiger partial charge in [0.25, 0.3) is 0 Å². The predicted octanol–water partition coefficient (Wildman–Crippen LogP) is 1.76. The molecule has 0 amide bonds. The summed E-state index contributed by atoms with van der Waals surface area (Å²) in [5, 5.41) is 1.89. The second kappa shape index (κ2) is 2.64. The molecule has 0 fully saturated rings. The largest absolute Gasteiger partial charge is 0.495 e. The number of nitrogens with zero attached hydrogens (tertiary/aromatic N) is 1. The molecular weight excluding hydrogens is 134 g/mol. The number of aromatic nitrogens is 1. The summed E-state index contributed by atoms with van der Waals surface area (Å²) in [7, 11) is 1.58. The molecule has 1 heterocycles. The molecular formula is C6H7NOS. The fourth-order valence-electron chi connectivity index (χ4n) is 0.461. The van der Waals surface area contributed by atoms with Gasteiger partial charge in [-0.1, -0.05) is 6.58 Å². The van der Waals surface area contributed by atoms with Crippen LogP contribution in [0.3, 0.4) is 0 Å². The van der Waals surface area contributed by atoms with E-state index >= 15 is 0 Å². The van der Waals surface area contributed by atoms with Gasteiger partial charge in [-0.05, 0) is 17.6 Å². The van der Waals surface area contributed by atoms with Crippen molar-refractivity contribution in [2.24, 2.45) is 0 Å². The van der Waals surface area contributed by atoms with E-state index in [1.54, 1.807) is 7.11 Å². The Hall–Kier alpha value is -0.830. The van der Waals surface area contributed by atoms with Crippen LogP contribution in [0.1, 0.15) is 5.69 Å². The van der Waals surface area contributed by atoms with Crippen LogP contribution in [0, 0.1) is 0 Å². The van der Waals surface area contributed by atoms with Crippen molar-refractivity contribution in [3.63, 3.8) is 0 Å². The van der Waals surface area contributed by atoms with Crippen molar-refractivity contribution in [1.29, 1.82) is 0 Å². The van der Waals surface area contributed by atoms with Crippen LogP contribution in [-0.2, 0) is 4.74 Å². The van der Waals surface area contributed by atoms with Gasteiger partial charge in [0.05, 0.1) is 7.11 Å². The zero-order valence-electron chi connectivity index (χ0n) is 5.13. The van der Waals surface area contributed by atoms with Crippen LogP contribution in [0.2, 0.25) is 0 Å². The zero-order valence-corrected chi connectivity index (χ0v) is 5.94. The van der Waals surface area contributed by atoms with Gasteiger partial charge < -0.3 is 4.74 Å². The Kier molecular flexibility index (Phi) is 1.85. The molecule has 1 rings (SSSR count). The van der Waals surface area contributed by atoms with Gasteiger partial charge in [0.1, 0.15) is 11.5 Å². The second-order valence-corrected chi connectivity index (χ2v) is 2.18. The quantitative estimate of drug-likeness (QED) is 0.585. The Balaban J connectivity index is 2.77. The van der Waals surface area contributed by atoms with Crippen LogP contribution in [0.4, 0.5) is 0 Å². The number of hydrogen-bond donors (Lipinski definition) is 0. The van der Waals surface area contributed by atoms with E-state index in [1.807, 2.05) is 11.4 Å². The third-order valence-corrected chi connectivity index (χ3v) is 1.53. The van der Waals surface area contributed by atoms with Gasteiger partial charge in [0.2, 0.25) is 0 Å². The van der Waals surface area contributed by atoms with Crippen molar-refractivity contribution < 1.29 is 4.74 Å². The van der Waals surface area contributed by atoms with E-state index in [0.717, 1.165) is 5.69 Å². The standard InChI is InChI=1S/C6H7NOS/c1-5(8-2)6-3-4-9-7-6/h3-4H,1H2,2H3. The average Bonchev–Trinajstić information content (AvgIpc) is 2.37. The Morgan fingerprint density at radius 2 is 2.67 bits per heavy atom. The SMILES string of the molecule is C=C(OC)c1ccsn1. The molecule has 0 aliphatic heterocycles. The van der Waals surface area contributed by atoms with Gasteiger partial charge >= 0.3 is 0 Å². The summed E-state index contributed by atoms with van der Waals surface area (Å²) in [6.07, 6.45) is 0. The molecule has 0 saturated heterocycles. The highest BCUT2D eigenvalue weighted by Crippen LogP contribution is 2.10. The maximum Gasteiger partial charge on any atom is 0.138 e. The van der Waals surface area contributed by atoms with E-state index in [4.69, 9.17) is 4.74 Å². The van der Waals surface area contributed by atoms with Crippen LogP contribution in [0.25, 0.3) is 5.76 Å². The van der Waals surface area contributed by atoms with Gasteiger partial charge in [0.15, 0.2) is 0 Å². The molecule has 9 heavy (non-hydrogen) atoms. The maximum absolute atomic E-state index is 4.84. The van der Waals surface area contributed by atoms with Gasteiger partial charge in [-0.25, -0.2) is 0 Å². The van der Waals surface area contributed by atoms with Crippen LogP contribution in [0.15, 0.2) is 18.0 Å². The summed E-state index contributed by atoms with van der Waals surface area (Å²) in [5.41, 5.74) is 0.822. The van der Waals surface area contributed by atoms with E-state index < -0.39 is 0 Å². The molecule has 1 aromatic heterocycles. The highest BCUT2D eigenvalue weighted by Gasteiger charge is 1.97. The van der Waals surface area contributed by atoms with Crippen molar-refractivity contribution in [2.75, 3.05) is 7.11 Å². The second-order valence-electron chi connectivity index (χ2n) is 1.51. The minimum atomic E-state index is 0.622. The first-order chi connectivity index (χ1) is 4.34. The number of hydrogen-bond acceptors (Lipinski definition) is 3. The van der Waals surface area contributed by atoms with Crippen LogP contribution in [-0.4, -0.2) is 11.5 Å². The number of methoxy groups -OCH3 is 1. The van der Waals surface area contributed by atoms with Crippen molar-refractivity contribution in [2.45, 2.75) is 0 Å². The number of ether oxygens (including phenoxy) is 1. The smallest absolute Gasteiger partial charge is 0.138 e. The molecule has 0 N–H and O–H groups in total. The summed E-state index contributed by atoms with van der Waals surface area (Å²) in [4.78, 5) is 0. The van der Waals surface area contributed by atoms with Crippen molar-refractivity contribution in [3.05, 3.63) is 23.7 Å². The Bertz CT molecular complexity index is 193. The highest BCUT2D eigenvalue weighted by molar-refractivity contribution is 7.03.